The maximum absolute atomic E-state index is 4.18. The molecule has 2 rings (SSSR count). The minimum Gasteiger partial charge on any atom is -0.317 e. The summed E-state index contributed by atoms with van der Waals surface area (Å²) in [7, 11) is 0. The molecule has 0 bridgehead atoms. The summed E-state index contributed by atoms with van der Waals surface area (Å²) in [4.78, 5) is 4.18. The lowest BCUT2D eigenvalue weighted by molar-refractivity contribution is 0.782. The summed E-state index contributed by atoms with van der Waals surface area (Å²) < 4.78 is 4.10. The molecule has 0 aliphatic carbocycles. The Balaban J connectivity index is 2.76. The summed E-state index contributed by atoms with van der Waals surface area (Å²) in [6, 6.07) is 0. The molecule has 0 aliphatic rings. The second-order valence-corrected chi connectivity index (χ2v) is 2.22. The van der Waals surface area contributed by atoms with Gasteiger partial charge in [-0.25, -0.2) is 4.98 Å². The Morgan fingerprint density at radius 2 is 2.30 bits per heavy atom. The van der Waals surface area contributed by atoms with Gasteiger partial charge in [0.15, 0.2) is 0 Å². The van der Waals surface area contributed by atoms with Crippen LogP contribution in [0.5, 0.6) is 0 Å². The van der Waals surface area contributed by atoms with E-state index in [1.54, 1.807) is 0 Å². The van der Waals surface area contributed by atoms with Crippen LogP contribution in [-0.2, 0) is 6.54 Å². The van der Waals surface area contributed by atoms with Crippen LogP contribution < -0.4 is 0 Å². The molecular weight excluding hydrogens is 126 g/mol. The van der Waals surface area contributed by atoms with Gasteiger partial charge in [-0.15, -0.1) is 0 Å². The van der Waals surface area contributed by atoms with E-state index in [0.717, 1.165) is 12.3 Å². The topological polar surface area (TPSA) is 22.2 Å². The third-order valence-electron chi connectivity index (χ3n) is 1.65. The van der Waals surface area contributed by atoms with Gasteiger partial charge in [0.1, 0.15) is 0 Å². The van der Waals surface area contributed by atoms with E-state index in [4.69, 9.17) is 0 Å². The molecule has 0 amide bonds. The number of rotatable bonds is 1. The molecule has 2 heterocycles. The summed E-state index contributed by atoms with van der Waals surface area (Å²) in [5, 5.41) is 0. The molecule has 0 spiro atoms. The Hall–Kier alpha value is -1.25. The summed E-state index contributed by atoms with van der Waals surface area (Å²) in [6.07, 6.45) is 7.79. The van der Waals surface area contributed by atoms with Gasteiger partial charge in [0.2, 0.25) is 5.78 Å². The smallest absolute Gasteiger partial charge is 0.213 e. The number of hydrogen-bond acceptors (Lipinski definition) is 1. The molecule has 0 radical (unpaired) electrons. The van der Waals surface area contributed by atoms with E-state index in [9.17, 15) is 0 Å². The van der Waals surface area contributed by atoms with Gasteiger partial charge in [0.25, 0.3) is 0 Å². The molecule has 2 aromatic rings. The van der Waals surface area contributed by atoms with Crippen molar-refractivity contribution in [3.05, 3.63) is 24.8 Å². The Labute approximate surface area is 58.9 Å². The van der Waals surface area contributed by atoms with Gasteiger partial charge in [0.05, 0.1) is 0 Å². The first-order valence-electron chi connectivity index (χ1n) is 3.39. The molecule has 0 N–H and O–H groups in total. The molecule has 0 unspecified atom stereocenters. The zero-order valence-electron chi connectivity index (χ0n) is 5.86. The summed E-state index contributed by atoms with van der Waals surface area (Å²) in [5.41, 5.74) is 0. The monoisotopic (exact) mass is 135 g/mol. The molecule has 3 heteroatoms. The van der Waals surface area contributed by atoms with Gasteiger partial charge in [0, 0.05) is 31.3 Å². The van der Waals surface area contributed by atoms with Gasteiger partial charge in [-0.1, -0.05) is 0 Å². The fourth-order valence-corrected chi connectivity index (χ4v) is 1.11. The Morgan fingerprint density at radius 3 is 3.10 bits per heavy atom. The van der Waals surface area contributed by atoms with Crippen LogP contribution in [0.1, 0.15) is 6.92 Å². The Kier molecular flexibility index (Phi) is 1.03. The van der Waals surface area contributed by atoms with Crippen molar-refractivity contribution >= 4 is 5.78 Å². The number of hydrogen-bond donors (Lipinski definition) is 0. The highest BCUT2D eigenvalue weighted by Crippen LogP contribution is 2.00. The van der Waals surface area contributed by atoms with E-state index < -0.39 is 0 Å². The van der Waals surface area contributed by atoms with Crippen LogP contribution >= 0.6 is 0 Å². The standard InChI is InChI=1S/C7H9N3/c1-2-9-5-6-10-4-3-8-7(9)10/h3-6H,2H2,1H3. The van der Waals surface area contributed by atoms with Crippen molar-refractivity contribution in [3.63, 3.8) is 0 Å². The van der Waals surface area contributed by atoms with Crippen molar-refractivity contribution in [2.75, 3.05) is 0 Å². The van der Waals surface area contributed by atoms with Crippen LogP contribution in [0.25, 0.3) is 5.78 Å². The van der Waals surface area contributed by atoms with Gasteiger partial charge in [-0.2, -0.15) is 0 Å². The second kappa shape index (κ2) is 1.87. The third-order valence-corrected chi connectivity index (χ3v) is 1.65. The first-order valence-corrected chi connectivity index (χ1v) is 3.39. The minimum absolute atomic E-state index is 0.980. The number of nitrogens with zero attached hydrogens (tertiary/aromatic N) is 3. The Bertz CT molecular complexity index is 331. The molecular formula is C7H9N3. The lowest BCUT2D eigenvalue weighted by Gasteiger charge is -1.92. The van der Waals surface area contributed by atoms with Crippen molar-refractivity contribution in [2.45, 2.75) is 13.5 Å². The lowest BCUT2D eigenvalue weighted by atomic mass is 10.7. The highest BCUT2D eigenvalue weighted by molar-refractivity contribution is 5.29. The molecule has 10 heavy (non-hydrogen) atoms. The van der Waals surface area contributed by atoms with Crippen molar-refractivity contribution in [1.82, 2.24) is 14.0 Å². The quantitative estimate of drug-likeness (QED) is 0.575. The first-order chi connectivity index (χ1) is 4.92. The fourth-order valence-electron chi connectivity index (χ4n) is 1.11. The highest BCUT2D eigenvalue weighted by Gasteiger charge is 1.96. The number of aryl methyl sites for hydroxylation is 1. The number of fused-ring (bicyclic) bond motifs is 1. The molecule has 0 fully saturated rings. The average molecular weight is 135 g/mol. The molecule has 0 atom stereocenters. The van der Waals surface area contributed by atoms with Crippen LogP contribution in [0.4, 0.5) is 0 Å². The summed E-state index contributed by atoms with van der Waals surface area (Å²) >= 11 is 0. The number of aromatic nitrogens is 3. The summed E-state index contributed by atoms with van der Waals surface area (Å²) in [5.74, 6) is 1.02. The van der Waals surface area contributed by atoms with Crippen molar-refractivity contribution in [1.29, 1.82) is 0 Å². The molecule has 52 valence electrons. The van der Waals surface area contributed by atoms with E-state index in [2.05, 4.69) is 16.5 Å². The molecule has 0 saturated heterocycles. The van der Waals surface area contributed by atoms with E-state index in [0.29, 0.717) is 0 Å². The van der Waals surface area contributed by atoms with Crippen molar-refractivity contribution < 1.29 is 0 Å². The largest absolute Gasteiger partial charge is 0.317 e. The number of imidazole rings is 2. The molecule has 2 aromatic heterocycles. The van der Waals surface area contributed by atoms with E-state index in [1.165, 1.54) is 0 Å². The predicted molar refractivity (Wildman–Crippen MR) is 38.9 cm³/mol. The van der Waals surface area contributed by atoms with E-state index in [1.807, 2.05) is 29.2 Å². The average Bonchev–Trinajstić information content (AvgIpc) is 2.44. The molecule has 0 aliphatic heterocycles. The minimum atomic E-state index is 0.980. The van der Waals surface area contributed by atoms with Gasteiger partial charge >= 0.3 is 0 Å². The molecule has 0 saturated carbocycles. The van der Waals surface area contributed by atoms with Crippen molar-refractivity contribution in [3.8, 4) is 0 Å². The Morgan fingerprint density at radius 1 is 1.40 bits per heavy atom. The van der Waals surface area contributed by atoms with Gasteiger partial charge < -0.3 is 4.57 Å². The normalized spacial score (nSPS) is 10.9. The van der Waals surface area contributed by atoms with E-state index in [-0.39, 0.29) is 0 Å². The molecule has 0 aromatic carbocycles. The van der Waals surface area contributed by atoms with Crippen molar-refractivity contribution in [2.24, 2.45) is 0 Å². The van der Waals surface area contributed by atoms with E-state index >= 15 is 0 Å². The van der Waals surface area contributed by atoms with Gasteiger partial charge in [-0.3, -0.25) is 4.40 Å². The molecule has 3 nitrogen and oxygen atoms in total. The predicted octanol–water partition coefficient (Wildman–Crippen LogP) is 1.16. The fraction of sp³-hybridized carbons (Fsp3) is 0.286. The summed E-state index contributed by atoms with van der Waals surface area (Å²) in [6.45, 7) is 3.09. The lowest BCUT2D eigenvalue weighted by Crippen LogP contribution is -1.91. The maximum atomic E-state index is 4.18. The highest BCUT2D eigenvalue weighted by atomic mass is 15.2. The first kappa shape index (κ1) is 5.53. The SMILES string of the molecule is CCn1ccn2ccnc12. The van der Waals surface area contributed by atoms with Crippen LogP contribution in [-0.4, -0.2) is 14.0 Å². The maximum Gasteiger partial charge on any atom is 0.213 e. The van der Waals surface area contributed by atoms with Crippen LogP contribution in [0.2, 0.25) is 0 Å². The zero-order valence-corrected chi connectivity index (χ0v) is 5.86. The third kappa shape index (κ3) is 0.572. The van der Waals surface area contributed by atoms with Crippen LogP contribution in [0.15, 0.2) is 24.8 Å². The van der Waals surface area contributed by atoms with Crippen LogP contribution in [0.3, 0.4) is 0 Å². The van der Waals surface area contributed by atoms with Gasteiger partial charge in [-0.05, 0) is 6.92 Å². The zero-order chi connectivity index (χ0) is 6.97. The van der Waals surface area contributed by atoms with Crippen LogP contribution in [0, 0.1) is 0 Å². The second-order valence-electron chi connectivity index (χ2n) is 2.22.